The Hall–Kier alpha value is -0.830. The standard InChI is InChI=1S/C13H13ClN2O3S3/c14-8-1-2-11-10(5-8)16-13(21-11)20-6-12(17)15-9-3-4-22(18,19)7-9/h1-2,5,9H,3-4,6-7H2,(H,15,17)/t9-/m1/s1. The van der Waals surface area contributed by atoms with Crippen molar-refractivity contribution in [2.24, 2.45) is 0 Å². The molecule has 2 aromatic rings. The number of benzene rings is 1. The van der Waals surface area contributed by atoms with Gasteiger partial charge < -0.3 is 5.32 Å². The van der Waals surface area contributed by atoms with Crippen LogP contribution in [0.3, 0.4) is 0 Å². The molecule has 0 saturated carbocycles. The lowest BCUT2D eigenvalue weighted by Crippen LogP contribution is -2.36. The Morgan fingerprint density at radius 3 is 3.05 bits per heavy atom. The van der Waals surface area contributed by atoms with Crippen LogP contribution in [-0.2, 0) is 14.6 Å². The smallest absolute Gasteiger partial charge is 0.230 e. The van der Waals surface area contributed by atoms with Crippen molar-refractivity contribution in [3.63, 3.8) is 0 Å². The molecular weight excluding hydrogens is 364 g/mol. The number of carbonyl (C=O) groups is 1. The quantitative estimate of drug-likeness (QED) is 0.829. The number of halogens is 1. The molecule has 1 aromatic carbocycles. The van der Waals surface area contributed by atoms with Crippen LogP contribution in [0.25, 0.3) is 10.2 Å². The molecule has 1 aromatic heterocycles. The summed E-state index contributed by atoms with van der Waals surface area (Å²) in [5.41, 5.74) is 0.822. The number of thiazole rings is 1. The number of nitrogens with one attached hydrogen (secondary N) is 1. The highest BCUT2D eigenvalue weighted by Crippen LogP contribution is 2.30. The van der Waals surface area contributed by atoms with Crippen LogP contribution in [-0.4, -0.2) is 42.6 Å². The summed E-state index contributed by atoms with van der Waals surface area (Å²) in [4.78, 5) is 16.3. The number of carbonyl (C=O) groups excluding carboxylic acids is 1. The minimum absolute atomic E-state index is 0.0447. The second-order valence-electron chi connectivity index (χ2n) is 5.05. The second kappa shape index (κ2) is 6.35. The molecule has 1 saturated heterocycles. The van der Waals surface area contributed by atoms with E-state index < -0.39 is 9.84 Å². The van der Waals surface area contributed by atoms with E-state index in [0.717, 1.165) is 14.6 Å². The van der Waals surface area contributed by atoms with Gasteiger partial charge in [0.05, 0.1) is 27.5 Å². The first-order valence-corrected chi connectivity index (χ1v) is 10.6. The zero-order valence-corrected chi connectivity index (χ0v) is 14.6. The fourth-order valence-electron chi connectivity index (χ4n) is 2.25. The number of hydrogen-bond donors (Lipinski definition) is 1. The maximum Gasteiger partial charge on any atom is 0.230 e. The monoisotopic (exact) mass is 376 g/mol. The summed E-state index contributed by atoms with van der Waals surface area (Å²) in [6.45, 7) is 0. The summed E-state index contributed by atoms with van der Waals surface area (Å²) < 4.78 is 24.5. The fraction of sp³-hybridized carbons (Fsp3) is 0.385. The average molecular weight is 377 g/mol. The Morgan fingerprint density at radius 2 is 2.32 bits per heavy atom. The third kappa shape index (κ3) is 3.92. The number of amides is 1. The highest BCUT2D eigenvalue weighted by Gasteiger charge is 2.28. The molecule has 1 aliphatic rings. The zero-order valence-electron chi connectivity index (χ0n) is 11.4. The predicted octanol–water partition coefficient (Wildman–Crippen LogP) is 2.35. The lowest BCUT2D eigenvalue weighted by Gasteiger charge is -2.09. The third-order valence-electron chi connectivity index (χ3n) is 3.25. The zero-order chi connectivity index (χ0) is 15.7. The maximum atomic E-state index is 11.9. The van der Waals surface area contributed by atoms with Crippen molar-refractivity contribution in [2.45, 2.75) is 16.8 Å². The van der Waals surface area contributed by atoms with Gasteiger partial charge in [0, 0.05) is 11.1 Å². The van der Waals surface area contributed by atoms with Crippen LogP contribution in [0.5, 0.6) is 0 Å². The Kier molecular flexibility index (Phi) is 4.63. The van der Waals surface area contributed by atoms with Crippen LogP contribution < -0.4 is 5.32 Å². The molecule has 0 unspecified atom stereocenters. The summed E-state index contributed by atoms with van der Waals surface area (Å²) in [6, 6.07) is 5.25. The lowest BCUT2D eigenvalue weighted by molar-refractivity contribution is -0.119. The number of sulfone groups is 1. The van der Waals surface area contributed by atoms with E-state index >= 15 is 0 Å². The normalized spacial score (nSPS) is 20.3. The second-order valence-corrected chi connectivity index (χ2v) is 9.97. The molecule has 22 heavy (non-hydrogen) atoms. The summed E-state index contributed by atoms with van der Waals surface area (Å²) in [5.74, 6) is 0.265. The van der Waals surface area contributed by atoms with Gasteiger partial charge in [0.15, 0.2) is 14.2 Å². The number of thioether (sulfide) groups is 1. The van der Waals surface area contributed by atoms with Gasteiger partial charge in [-0.05, 0) is 24.6 Å². The Labute approximate surface area is 141 Å². The van der Waals surface area contributed by atoms with Crippen molar-refractivity contribution in [2.75, 3.05) is 17.3 Å². The van der Waals surface area contributed by atoms with Gasteiger partial charge in [0.2, 0.25) is 5.91 Å². The van der Waals surface area contributed by atoms with E-state index in [1.54, 1.807) is 6.07 Å². The molecular formula is C13H13ClN2O3S3. The first kappa shape index (κ1) is 16.0. The minimum atomic E-state index is -2.97. The summed E-state index contributed by atoms with van der Waals surface area (Å²) in [7, 11) is -2.97. The van der Waals surface area contributed by atoms with Crippen LogP contribution in [0.1, 0.15) is 6.42 Å². The summed E-state index contributed by atoms with van der Waals surface area (Å²) >= 11 is 8.77. The van der Waals surface area contributed by atoms with Crippen molar-refractivity contribution in [3.05, 3.63) is 23.2 Å². The number of fused-ring (bicyclic) bond motifs is 1. The highest BCUT2D eigenvalue weighted by molar-refractivity contribution is 8.01. The Morgan fingerprint density at radius 1 is 1.50 bits per heavy atom. The van der Waals surface area contributed by atoms with Gasteiger partial charge in [-0.15, -0.1) is 11.3 Å². The van der Waals surface area contributed by atoms with E-state index in [1.807, 2.05) is 12.1 Å². The fourth-order valence-corrected chi connectivity index (χ4v) is 5.95. The topological polar surface area (TPSA) is 76.1 Å². The SMILES string of the molecule is O=C(CSc1nc2cc(Cl)ccc2s1)N[C@@H]1CCS(=O)(=O)C1. The van der Waals surface area contributed by atoms with Gasteiger partial charge in [0.25, 0.3) is 0 Å². The van der Waals surface area contributed by atoms with E-state index in [-0.39, 0.29) is 29.2 Å². The van der Waals surface area contributed by atoms with E-state index in [0.29, 0.717) is 11.4 Å². The molecule has 2 heterocycles. The van der Waals surface area contributed by atoms with Gasteiger partial charge >= 0.3 is 0 Å². The van der Waals surface area contributed by atoms with Gasteiger partial charge in [-0.25, -0.2) is 13.4 Å². The molecule has 1 fully saturated rings. The summed E-state index contributed by atoms with van der Waals surface area (Å²) in [6.07, 6.45) is 0.498. The molecule has 0 spiro atoms. The van der Waals surface area contributed by atoms with E-state index in [4.69, 9.17) is 11.6 Å². The first-order chi connectivity index (χ1) is 10.4. The number of hydrogen-bond acceptors (Lipinski definition) is 6. The van der Waals surface area contributed by atoms with Crippen molar-refractivity contribution in [3.8, 4) is 0 Å². The van der Waals surface area contributed by atoms with Crippen molar-refractivity contribution >= 4 is 60.7 Å². The molecule has 1 N–H and O–H groups in total. The summed E-state index contributed by atoms with van der Waals surface area (Å²) in [5, 5.41) is 3.40. The van der Waals surface area contributed by atoms with E-state index in [9.17, 15) is 13.2 Å². The highest BCUT2D eigenvalue weighted by atomic mass is 35.5. The average Bonchev–Trinajstić information content (AvgIpc) is 2.98. The van der Waals surface area contributed by atoms with Gasteiger partial charge in [0.1, 0.15) is 0 Å². The van der Waals surface area contributed by atoms with Crippen molar-refractivity contribution in [1.29, 1.82) is 0 Å². The first-order valence-electron chi connectivity index (χ1n) is 6.60. The van der Waals surface area contributed by atoms with E-state index in [2.05, 4.69) is 10.3 Å². The molecule has 118 valence electrons. The number of rotatable bonds is 4. The van der Waals surface area contributed by atoms with Gasteiger partial charge in [-0.3, -0.25) is 4.79 Å². The molecule has 1 atom stereocenters. The molecule has 1 amide bonds. The number of aromatic nitrogens is 1. The van der Waals surface area contributed by atoms with Crippen LogP contribution in [0.4, 0.5) is 0 Å². The van der Waals surface area contributed by atoms with Gasteiger partial charge in [-0.2, -0.15) is 0 Å². The third-order valence-corrected chi connectivity index (χ3v) is 7.44. The van der Waals surface area contributed by atoms with Crippen LogP contribution in [0.2, 0.25) is 5.02 Å². The number of nitrogens with zero attached hydrogens (tertiary/aromatic N) is 1. The van der Waals surface area contributed by atoms with Crippen molar-refractivity contribution < 1.29 is 13.2 Å². The Bertz CT molecular complexity index is 819. The molecule has 9 heteroatoms. The maximum absolute atomic E-state index is 11.9. The van der Waals surface area contributed by atoms with Crippen molar-refractivity contribution in [1.82, 2.24) is 10.3 Å². The predicted molar refractivity (Wildman–Crippen MR) is 90.6 cm³/mol. The minimum Gasteiger partial charge on any atom is -0.352 e. The van der Waals surface area contributed by atoms with Crippen LogP contribution in [0, 0.1) is 0 Å². The largest absolute Gasteiger partial charge is 0.352 e. The van der Waals surface area contributed by atoms with Gasteiger partial charge in [-0.1, -0.05) is 23.4 Å². The van der Waals surface area contributed by atoms with Crippen LogP contribution in [0.15, 0.2) is 22.5 Å². The lowest BCUT2D eigenvalue weighted by atomic mass is 10.3. The molecule has 0 radical (unpaired) electrons. The van der Waals surface area contributed by atoms with E-state index in [1.165, 1.54) is 23.1 Å². The Balaban J connectivity index is 1.56. The molecule has 5 nitrogen and oxygen atoms in total. The molecule has 0 aliphatic carbocycles. The van der Waals surface area contributed by atoms with Crippen LogP contribution >= 0.6 is 34.7 Å². The molecule has 1 aliphatic heterocycles. The molecule has 3 rings (SSSR count). The molecule has 0 bridgehead atoms.